The van der Waals surface area contributed by atoms with Crippen LogP contribution in [0, 0.1) is 13.8 Å². The van der Waals surface area contributed by atoms with E-state index in [1.165, 1.54) is 25.9 Å². The Morgan fingerprint density at radius 3 is 1.64 bits per heavy atom. The van der Waals surface area contributed by atoms with Crippen molar-refractivity contribution in [3.8, 4) is 22.8 Å². The molecule has 6 aromatic rings. The van der Waals surface area contributed by atoms with E-state index in [0.717, 1.165) is 11.1 Å². The predicted octanol–water partition coefficient (Wildman–Crippen LogP) is 4.86. The summed E-state index contributed by atoms with van der Waals surface area (Å²) in [6.07, 6.45) is 7.96. The van der Waals surface area contributed by atoms with Crippen molar-refractivity contribution in [2.24, 2.45) is 0 Å². The maximum absolute atomic E-state index is 12.6. The molecule has 6 aromatic heterocycles. The van der Waals surface area contributed by atoms with Crippen molar-refractivity contribution in [3.63, 3.8) is 0 Å². The highest BCUT2D eigenvalue weighted by molar-refractivity contribution is 14.1. The SMILES string of the molecule is CCC(=O)Cl.CCC(=O)O.CCC(=O)OCCl.CCC(=O)OCI.CCC(=O)OCn1nnnc1-c1cnc2c(C)cccn2c1=O.Cc1cccn2c(=O)c(-c3nn[nH]n3)cnc12. The number of aromatic amines is 1. The minimum atomic E-state index is -0.745. The Morgan fingerprint density at radius 2 is 1.23 bits per heavy atom. The fraction of sp³-hybridized carbons (Fsp3) is 0.395. The van der Waals surface area contributed by atoms with Gasteiger partial charge in [0.25, 0.3) is 11.1 Å². The number of carboxylic acid groups (broad SMARTS) is 1. The first kappa shape index (κ1) is 55.7. The van der Waals surface area contributed by atoms with Crippen LogP contribution in [0.25, 0.3) is 34.1 Å². The van der Waals surface area contributed by atoms with Gasteiger partial charge < -0.3 is 19.3 Å². The summed E-state index contributed by atoms with van der Waals surface area (Å²) in [5, 5.41) is 31.8. The third-order valence-electron chi connectivity index (χ3n) is 7.44. The van der Waals surface area contributed by atoms with Crippen LogP contribution in [0.1, 0.15) is 77.8 Å². The number of hydrogen-bond acceptors (Lipinski definition) is 18. The van der Waals surface area contributed by atoms with E-state index < -0.39 is 5.97 Å². The summed E-state index contributed by atoms with van der Waals surface area (Å²) in [6.45, 7) is 12.1. The van der Waals surface area contributed by atoms with Crippen LogP contribution in [0.4, 0.5) is 0 Å². The number of carbonyl (C=O) groups excluding carboxylic acids is 4. The van der Waals surface area contributed by atoms with Crippen molar-refractivity contribution in [1.29, 1.82) is 0 Å². The molecule has 26 heteroatoms. The Bertz CT molecular complexity index is 2500. The van der Waals surface area contributed by atoms with E-state index in [1.54, 1.807) is 59.1 Å². The highest BCUT2D eigenvalue weighted by Crippen LogP contribution is 2.13. The van der Waals surface area contributed by atoms with Gasteiger partial charge in [0.05, 0.1) is 0 Å². The Kier molecular flexibility index (Phi) is 26.7. The van der Waals surface area contributed by atoms with E-state index >= 15 is 0 Å². The minimum absolute atomic E-state index is 0.0350. The Balaban J connectivity index is 0.000000435. The van der Waals surface area contributed by atoms with Crippen LogP contribution in [-0.2, 0) is 44.9 Å². The molecular formula is C38H47Cl2IN12O11. The van der Waals surface area contributed by atoms with E-state index in [9.17, 15) is 33.6 Å². The molecular weight excluding hydrogens is 998 g/mol. The molecule has 6 heterocycles. The lowest BCUT2D eigenvalue weighted by molar-refractivity contribution is -0.147. The van der Waals surface area contributed by atoms with Crippen molar-refractivity contribution in [2.75, 3.05) is 10.7 Å². The first-order chi connectivity index (χ1) is 30.5. The number of hydrogen-bond donors (Lipinski definition) is 2. The highest BCUT2D eigenvalue weighted by atomic mass is 127. The number of rotatable bonds is 11. The number of fused-ring (bicyclic) bond motifs is 2. The molecule has 0 saturated heterocycles. The number of H-pyrrole nitrogens is 1. The highest BCUT2D eigenvalue weighted by Gasteiger charge is 2.16. The number of halogens is 3. The molecule has 0 amide bonds. The Labute approximate surface area is 389 Å². The molecule has 23 nitrogen and oxygen atoms in total. The largest absolute Gasteiger partial charge is 0.481 e. The number of aryl methyl sites for hydroxylation is 2. The third kappa shape index (κ3) is 19.0. The molecule has 2 N–H and O–H groups in total. The summed E-state index contributed by atoms with van der Waals surface area (Å²) in [5.41, 5.74) is 3.06. The molecule has 0 bridgehead atoms. The summed E-state index contributed by atoms with van der Waals surface area (Å²) in [5.74, 6) is -1.06. The summed E-state index contributed by atoms with van der Waals surface area (Å²) < 4.78 is 18.5. The molecule has 0 saturated carbocycles. The van der Waals surface area contributed by atoms with Crippen molar-refractivity contribution >= 4 is 86.2 Å². The summed E-state index contributed by atoms with van der Waals surface area (Å²) >= 11 is 11.8. The first-order valence-corrected chi connectivity index (χ1v) is 21.4. The summed E-state index contributed by atoms with van der Waals surface area (Å²) in [4.78, 5) is 83.8. The lowest BCUT2D eigenvalue weighted by atomic mass is 10.2. The third-order valence-corrected chi connectivity index (χ3v) is 8.13. The Hall–Kier alpha value is -6.28. The van der Waals surface area contributed by atoms with Crippen LogP contribution in [0.2, 0.25) is 0 Å². The number of aliphatic carboxylic acids is 1. The second-order valence-corrected chi connectivity index (χ2v) is 13.1. The van der Waals surface area contributed by atoms with Crippen molar-refractivity contribution in [2.45, 2.75) is 87.3 Å². The molecule has 0 aliphatic carbocycles. The Morgan fingerprint density at radius 1 is 0.750 bits per heavy atom. The second-order valence-electron chi connectivity index (χ2n) is 11.9. The number of pyridine rings is 2. The summed E-state index contributed by atoms with van der Waals surface area (Å²) in [7, 11) is 0. The minimum Gasteiger partial charge on any atom is -0.481 e. The zero-order valence-corrected chi connectivity index (χ0v) is 39.5. The van der Waals surface area contributed by atoms with Crippen molar-refractivity contribution in [3.05, 3.63) is 80.9 Å². The molecule has 64 heavy (non-hydrogen) atoms. The average Bonchev–Trinajstić information content (AvgIpc) is 4.01. The maximum atomic E-state index is 12.6. The van der Waals surface area contributed by atoms with E-state index in [4.69, 9.17) is 33.0 Å². The molecule has 0 aliphatic heterocycles. The molecule has 0 fully saturated rings. The van der Waals surface area contributed by atoms with Gasteiger partial charge in [-0.2, -0.15) is 9.90 Å². The van der Waals surface area contributed by atoms with Crippen molar-refractivity contribution < 1.29 is 43.3 Å². The smallest absolute Gasteiger partial charge is 0.307 e. The number of aromatic nitrogens is 12. The quantitative estimate of drug-likeness (QED) is 0.0575. The predicted molar refractivity (Wildman–Crippen MR) is 240 cm³/mol. The van der Waals surface area contributed by atoms with Crippen LogP contribution >= 0.6 is 45.8 Å². The lowest BCUT2D eigenvalue weighted by Gasteiger charge is -2.07. The molecule has 0 atom stereocenters. The fourth-order valence-electron chi connectivity index (χ4n) is 4.12. The molecule has 346 valence electrons. The van der Waals surface area contributed by atoms with Gasteiger partial charge in [-0.25, -0.2) is 9.97 Å². The van der Waals surface area contributed by atoms with Crippen LogP contribution in [0.5, 0.6) is 0 Å². The normalized spacial score (nSPS) is 9.78. The van der Waals surface area contributed by atoms with Gasteiger partial charge in [0.2, 0.25) is 11.1 Å². The van der Waals surface area contributed by atoms with E-state index in [2.05, 4.69) is 55.6 Å². The van der Waals surface area contributed by atoms with Crippen LogP contribution in [0.15, 0.2) is 58.6 Å². The molecule has 0 unspecified atom stereocenters. The number of esters is 3. The number of nitrogens with zero attached hydrogens (tertiary/aromatic N) is 11. The van der Waals surface area contributed by atoms with Crippen LogP contribution in [-0.4, -0.2) is 105 Å². The number of ether oxygens (including phenoxy) is 3. The molecule has 0 aromatic carbocycles. The van der Waals surface area contributed by atoms with Gasteiger partial charge in [0.15, 0.2) is 18.6 Å². The fourth-order valence-corrected chi connectivity index (χ4v) is 4.59. The molecule has 0 radical (unpaired) electrons. The first-order valence-electron chi connectivity index (χ1n) is 19.0. The van der Waals surface area contributed by atoms with Crippen molar-refractivity contribution in [1.82, 2.24) is 59.6 Å². The number of nitrogens with one attached hydrogen (secondary N) is 1. The van der Waals surface area contributed by atoms with E-state index in [-0.39, 0.29) is 77.1 Å². The number of carboxylic acids is 1. The standard InChI is InChI=1S/C14H14N6O3.C10H8N6O.C4H7ClO2.C4H7IO2.C3H5ClO.C3H6O2/c1-3-11(21)23-8-20-13(16-17-18-20)10-7-15-12-9(2)5-4-6-19(12)14(10)22;1-6-3-2-4-16-9(6)11-5-7(10(16)17)8-12-14-15-13-8;2*1-2-4(6)7-3-5;2*1-2-3(4)5/h4-7H,3,8H2,1-2H3;2-5H,1H3,(H,12,13,14,15);2*2-3H2,1H3;2H2,1H3;2H2,1H3,(H,4,5). The van der Waals surface area contributed by atoms with Crippen LogP contribution < -0.4 is 11.1 Å². The number of alkyl halides is 2. The van der Waals surface area contributed by atoms with Gasteiger partial charge in [0, 0.05) is 56.9 Å². The molecule has 6 rings (SSSR count). The molecule has 0 aliphatic rings. The average molecular weight is 1050 g/mol. The topological polar surface area (TPSA) is 300 Å². The van der Waals surface area contributed by atoms with Gasteiger partial charge in [-0.3, -0.25) is 42.4 Å². The zero-order chi connectivity index (χ0) is 48.2. The summed E-state index contributed by atoms with van der Waals surface area (Å²) in [6, 6.07) is 7.30. The zero-order valence-electron chi connectivity index (χ0n) is 35.9. The number of tetrazole rings is 2. The van der Waals surface area contributed by atoms with Crippen LogP contribution in [0.3, 0.4) is 0 Å². The van der Waals surface area contributed by atoms with Gasteiger partial charge in [-0.1, -0.05) is 58.4 Å². The lowest BCUT2D eigenvalue weighted by Crippen LogP contribution is -2.20. The maximum Gasteiger partial charge on any atom is 0.307 e. The number of carbonyl (C=O) groups is 5. The van der Waals surface area contributed by atoms with Gasteiger partial charge in [0.1, 0.15) is 27.0 Å². The van der Waals surface area contributed by atoms with E-state index in [0.29, 0.717) is 40.7 Å². The van der Waals surface area contributed by atoms with E-state index in [1.807, 2.05) is 48.6 Å². The second kappa shape index (κ2) is 30.7. The molecule has 0 spiro atoms. The van der Waals surface area contributed by atoms with Gasteiger partial charge in [-0.15, -0.1) is 15.3 Å². The van der Waals surface area contributed by atoms with Gasteiger partial charge >= 0.3 is 23.9 Å². The monoisotopic (exact) mass is 1040 g/mol. The van der Waals surface area contributed by atoms with Gasteiger partial charge in [-0.05, 0) is 86.9 Å².